The number of rotatable bonds is 3. The van der Waals surface area contributed by atoms with Crippen LogP contribution in [0.15, 0.2) is 53.0 Å². The van der Waals surface area contributed by atoms with Crippen LogP contribution in [-0.2, 0) is 5.41 Å². The Bertz CT molecular complexity index is 629. The zero-order valence-corrected chi connectivity index (χ0v) is 13.2. The average Bonchev–Trinajstić information content (AvgIpc) is 2.54. The van der Waals surface area contributed by atoms with Gasteiger partial charge in [0.25, 0.3) is 0 Å². The van der Waals surface area contributed by atoms with Gasteiger partial charge >= 0.3 is 0 Å². The van der Waals surface area contributed by atoms with E-state index in [1.165, 1.54) is 0 Å². The Kier molecular flexibility index (Phi) is 4.02. The van der Waals surface area contributed by atoms with Gasteiger partial charge < -0.3 is 15.6 Å². The zero-order chi connectivity index (χ0) is 14.9. The number of aliphatic hydroxyl groups excluding tert-OH is 1. The van der Waals surface area contributed by atoms with E-state index >= 15 is 0 Å². The number of hydrogen-bond acceptors (Lipinski definition) is 3. The molecule has 3 N–H and O–H groups in total. The summed E-state index contributed by atoms with van der Waals surface area (Å²) in [6.07, 6.45) is 0.0539. The number of aliphatic hydroxyl groups is 1. The minimum atomic E-state index is -0.652. The molecule has 3 rings (SSSR count). The Morgan fingerprint density at radius 1 is 1.19 bits per heavy atom. The predicted octanol–water partition coefficient (Wildman–Crippen LogP) is 3.16. The van der Waals surface area contributed by atoms with E-state index in [1.807, 2.05) is 48.5 Å². The summed E-state index contributed by atoms with van der Waals surface area (Å²) in [6.45, 7) is 0.951. The number of ether oxygens (including phenoxy) is 1. The zero-order valence-electron chi connectivity index (χ0n) is 11.6. The number of hydrogen-bond donors (Lipinski definition) is 2. The fraction of sp³-hybridized carbons (Fsp3) is 0.294. The molecule has 0 aliphatic carbocycles. The molecule has 1 aliphatic rings. The van der Waals surface area contributed by atoms with Crippen LogP contribution >= 0.6 is 15.9 Å². The van der Waals surface area contributed by atoms with Crippen molar-refractivity contribution in [3.63, 3.8) is 0 Å². The van der Waals surface area contributed by atoms with Crippen molar-refractivity contribution in [3.8, 4) is 5.75 Å². The number of fused-ring (bicyclic) bond motifs is 1. The summed E-state index contributed by atoms with van der Waals surface area (Å²) in [4.78, 5) is 0. The van der Waals surface area contributed by atoms with Crippen LogP contribution in [0.4, 0.5) is 0 Å². The summed E-state index contributed by atoms with van der Waals surface area (Å²) in [5.74, 6) is 0.824. The maximum Gasteiger partial charge on any atom is 0.123 e. The van der Waals surface area contributed by atoms with Gasteiger partial charge in [-0.15, -0.1) is 0 Å². The van der Waals surface area contributed by atoms with Crippen LogP contribution in [0.5, 0.6) is 5.75 Å². The molecule has 0 aromatic heterocycles. The Morgan fingerprint density at radius 2 is 1.90 bits per heavy atom. The lowest BCUT2D eigenvalue weighted by Crippen LogP contribution is -2.44. The fourth-order valence-electron chi connectivity index (χ4n) is 3.05. The van der Waals surface area contributed by atoms with Gasteiger partial charge in [-0.2, -0.15) is 0 Å². The highest BCUT2D eigenvalue weighted by Gasteiger charge is 2.43. The van der Waals surface area contributed by atoms with Crippen LogP contribution in [0.25, 0.3) is 0 Å². The standard InChI is InChI=1S/C17H18BrNO2/c18-13-7-5-12(6-8-13)16(20)17(11-19)9-10-21-15-4-2-1-3-14(15)17/h1-8,16,20H,9-11,19H2. The van der Waals surface area contributed by atoms with Crippen molar-refractivity contribution in [1.82, 2.24) is 0 Å². The van der Waals surface area contributed by atoms with E-state index in [9.17, 15) is 5.11 Å². The molecule has 0 saturated heterocycles. The average molecular weight is 348 g/mol. The van der Waals surface area contributed by atoms with Crippen LogP contribution in [0.1, 0.15) is 23.7 Å². The molecule has 21 heavy (non-hydrogen) atoms. The molecular formula is C17H18BrNO2. The number of nitrogens with two attached hydrogens (primary N) is 1. The van der Waals surface area contributed by atoms with Gasteiger partial charge in [-0.1, -0.05) is 46.3 Å². The molecular weight excluding hydrogens is 330 g/mol. The number of benzene rings is 2. The Labute approximate surface area is 132 Å². The second-order valence-corrected chi connectivity index (χ2v) is 6.32. The summed E-state index contributed by atoms with van der Waals surface area (Å²) in [7, 11) is 0. The molecule has 0 amide bonds. The van der Waals surface area contributed by atoms with Crippen molar-refractivity contribution in [2.75, 3.05) is 13.2 Å². The third kappa shape index (κ3) is 2.48. The first-order valence-corrected chi connectivity index (χ1v) is 7.82. The molecule has 0 fully saturated rings. The van der Waals surface area contributed by atoms with Gasteiger partial charge in [0.1, 0.15) is 5.75 Å². The van der Waals surface area contributed by atoms with Crippen molar-refractivity contribution in [1.29, 1.82) is 0 Å². The Balaban J connectivity index is 2.07. The van der Waals surface area contributed by atoms with E-state index in [1.54, 1.807) is 0 Å². The van der Waals surface area contributed by atoms with Gasteiger partial charge in [0.05, 0.1) is 12.7 Å². The van der Waals surface area contributed by atoms with Crippen molar-refractivity contribution in [3.05, 3.63) is 64.1 Å². The molecule has 1 heterocycles. The first-order chi connectivity index (χ1) is 10.2. The summed E-state index contributed by atoms with van der Waals surface area (Å²) >= 11 is 3.42. The van der Waals surface area contributed by atoms with E-state index in [0.717, 1.165) is 21.3 Å². The quantitative estimate of drug-likeness (QED) is 0.896. The van der Waals surface area contributed by atoms with Gasteiger partial charge in [-0.3, -0.25) is 0 Å². The molecule has 3 nitrogen and oxygen atoms in total. The van der Waals surface area contributed by atoms with Crippen LogP contribution < -0.4 is 10.5 Å². The van der Waals surface area contributed by atoms with Gasteiger partial charge in [-0.25, -0.2) is 0 Å². The summed E-state index contributed by atoms with van der Waals surface area (Å²) in [5.41, 5.74) is 7.47. The van der Waals surface area contributed by atoms with Crippen molar-refractivity contribution in [2.24, 2.45) is 5.73 Å². The third-order valence-corrected chi connectivity index (χ3v) is 4.83. The highest BCUT2D eigenvalue weighted by molar-refractivity contribution is 9.10. The van der Waals surface area contributed by atoms with E-state index in [0.29, 0.717) is 19.6 Å². The lowest BCUT2D eigenvalue weighted by molar-refractivity contribution is 0.0535. The first-order valence-electron chi connectivity index (χ1n) is 7.03. The SMILES string of the molecule is NCC1(C(O)c2ccc(Br)cc2)CCOc2ccccc21. The molecule has 1 aliphatic heterocycles. The minimum Gasteiger partial charge on any atom is -0.493 e. The highest BCUT2D eigenvalue weighted by atomic mass is 79.9. The molecule has 0 radical (unpaired) electrons. The van der Waals surface area contributed by atoms with Crippen molar-refractivity contribution < 1.29 is 9.84 Å². The van der Waals surface area contributed by atoms with Gasteiger partial charge in [-0.05, 0) is 30.2 Å². The van der Waals surface area contributed by atoms with Gasteiger partial charge in [0.2, 0.25) is 0 Å². The Morgan fingerprint density at radius 3 is 2.62 bits per heavy atom. The molecule has 0 bridgehead atoms. The molecule has 0 spiro atoms. The maximum absolute atomic E-state index is 11.0. The lowest BCUT2D eigenvalue weighted by Gasteiger charge is -2.41. The first kappa shape index (κ1) is 14.6. The van der Waals surface area contributed by atoms with E-state index < -0.39 is 11.5 Å². The second kappa shape index (κ2) is 5.79. The molecule has 4 heteroatoms. The molecule has 2 aromatic rings. The summed E-state index contributed by atoms with van der Waals surface area (Å²) < 4.78 is 6.70. The number of halogens is 1. The van der Waals surface area contributed by atoms with E-state index in [4.69, 9.17) is 10.5 Å². The highest BCUT2D eigenvalue weighted by Crippen LogP contribution is 2.46. The van der Waals surface area contributed by atoms with Crippen molar-refractivity contribution in [2.45, 2.75) is 17.9 Å². The van der Waals surface area contributed by atoms with Crippen LogP contribution in [0.3, 0.4) is 0 Å². The Hall–Kier alpha value is -1.36. The van der Waals surface area contributed by atoms with E-state index in [-0.39, 0.29) is 0 Å². The molecule has 110 valence electrons. The lowest BCUT2D eigenvalue weighted by atomic mass is 9.70. The topological polar surface area (TPSA) is 55.5 Å². The third-order valence-electron chi connectivity index (χ3n) is 4.30. The molecule has 2 atom stereocenters. The fourth-order valence-corrected chi connectivity index (χ4v) is 3.32. The van der Waals surface area contributed by atoms with Gasteiger partial charge in [0.15, 0.2) is 0 Å². The number of para-hydroxylation sites is 1. The molecule has 2 unspecified atom stereocenters. The largest absolute Gasteiger partial charge is 0.493 e. The van der Waals surface area contributed by atoms with Crippen molar-refractivity contribution >= 4 is 15.9 Å². The smallest absolute Gasteiger partial charge is 0.123 e. The minimum absolute atomic E-state index is 0.380. The monoisotopic (exact) mass is 347 g/mol. The summed E-state index contributed by atoms with van der Waals surface area (Å²) in [6, 6.07) is 15.6. The maximum atomic E-state index is 11.0. The second-order valence-electron chi connectivity index (χ2n) is 5.41. The molecule has 0 saturated carbocycles. The normalized spacial score (nSPS) is 22.2. The predicted molar refractivity (Wildman–Crippen MR) is 86.4 cm³/mol. The van der Waals surface area contributed by atoms with Gasteiger partial charge in [0, 0.05) is 22.0 Å². The van der Waals surface area contributed by atoms with Crippen LogP contribution in [0, 0.1) is 0 Å². The van der Waals surface area contributed by atoms with Crippen LogP contribution in [-0.4, -0.2) is 18.3 Å². The molecule has 2 aromatic carbocycles. The van der Waals surface area contributed by atoms with E-state index in [2.05, 4.69) is 15.9 Å². The van der Waals surface area contributed by atoms with Crippen LogP contribution in [0.2, 0.25) is 0 Å². The summed E-state index contributed by atoms with van der Waals surface area (Å²) in [5, 5.41) is 11.0.